The quantitative estimate of drug-likeness (QED) is 0.780. The molecule has 3 rings (SSSR count). The second-order valence-electron chi connectivity index (χ2n) is 6.55. The Labute approximate surface area is 141 Å². The molecule has 2 aliphatic heterocycles. The highest BCUT2D eigenvalue weighted by Crippen LogP contribution is 2.34. The SMILES string of the molecule is CC(C)NC(=O)c1ccc2c(c1)NC(=O)C([NH+]1CCCCC1)S2. The molecule has 0 aromatic heterocycles. The number of nitrogens with one attached hydrogen (secondary N) is 3. The van der Waals surface area contributed by atoms with Crippen LogP contribution in [0.25, 0.3) is 0 Å². The van der Waals surface area contributed by atoms with Gasteiger partial charge in [-0.15, -0.1) is 0 Å². The first-order valence-corrected chi connectivity index (χ1v) is 9.19. The van der Waals surface area contributed by atoms with Crippen LogP contribution in [-0.2, 0) is 4.79 Å². The van der Waals surface area contributed by atoms with E-state index in [1.165, 1.54) is 24.2 Å². The van der Waals surface area contributed by atoms with Gasteiger partial charge in [0, 0.05) is 16.5 Å². The largest absolute Gasteiger partial charge is 0.350 e. The molecular weight excluding hydrogens is 310 g/mol. The van der Waals surface area contributed by atoms with Gasteiger partial charge in [0.25, 0.3) is 11.8 Å². The number of fused-ring (bicyclic) bond motifs is 1. The number of carbonyl (C=O) groups is 2. The number of thioether (sulfide) groups is 1. The summed E-state index contributed by atoms with van der Waals surface area (Å²) in [6.45, 7) is 5.99. The number of benzene rings is 1. The topological polar surface area (TPSA) is 62.6 Å². The predicted octanol–water partition coefficient (Wildman–Crippen LogP) is 1.26. The van der Waals surface area contributed by atoms with Crippen LogP contribution in [0.3, 0.4) is 0 Å². The molecule has 6 heteroatoms. The molecule has 1 aromatic carbocycles. The van der Waals surface area contributed by atoms with E-state index in [1.807, 2.05) is 26.0 Å². The van der Waals surface area contributed by atoms with E-state index in [1.54, 1.807) is 17.8 Å². The summed E-state index contributed by atoms with van der Waals surface area (Å²) in [6.07, 6.45) is 3.66. The minimum absolute atomic E-state index is 0.0563. The molecule has 1 unspecified atom stereocenters. The highest BCUT2D eigenvalue weighted by Gasteiger charge is 2.36. The molecule has 5 nitrogen and oxygen atoms in total. The van der Waals surface area contributed by atoms with Gasteiger partial charge >= 0.3 is 0 Å². The maximum absolute atomic E-state index is 12.5. The monoisotopic (exact) mass is 334 g/mol. The molecule has 2 amide bonds. The van der Waals surface area contributed by atoms with E-state index in [9.17, 15) is 9.59 Å². The van der Waals surface area contributed by atoms with Crippen LogP contribution in [-0.4, -0.2) is 36.3 Å². The standard InChI is InChI=1S/C17H23N3O2S/c1-11(2)18-15(21)12-6-7-14-13(10-12)19-16(22)17(23-14)20-8-4-3-5-9-20/h6-7,10-11,17H,3-5,8-9H2,1-2H3,(H,18,21)(H,19,22)/p+1. The fraction of sp³-hybridized carbons (Fsp3) is 0.529. The van der Waals surface area contributed by atoms with Crippen LogP contribution in [0.4, 0.5) is 5.69 Å². The Morgan fingerprint density at radius 1 is 1.30 bits per heavy atom. The van der Waals surface area contributed by atoms with Crippen molar-refractivity contribution in [1.82, 2.24) is 5.32 Å². The second-order valence-corrected chi connectivity index (χ2v) is 7.69. The molecule has 1 saturated heterocycles. The van der Waals surface area contributed by atoms with Crippen molar-refractivity contribution in [2.24, 2.45) is 0 Å². The van der Waals surface area contributed by atoms with Gasteiger partial charge in [-0.1, -0.05) is 11.8 Å². The minimum Gasteiger partial charge on any atom is -0.350 e. The maximum atomic E-state index is 12.5. The van der Waals surface area contributed by atoms with Crippen molar-refractivity contribution >= 4 is 29.3 Å². The highest BCUT2D eigenvalue weighted by atomic mass is 32.2. The molecule has 2 aliphatic rings. The van der Waals surface area contributed by atoms with Gasteiger partial charge < -0.3 is 15.5 Å². The zero-order valence-corrected chi connectivity index (χ0v) is 14.5. The van der Waals surface area contributed by atoms with Gasteiger partial charge in [0.1, 0.15) is 0 Å². The Kier molecular flexibility index (Phi) is 4.92. The predicted molar refractivity (Wildman–Crippen MR) is 91.9 cm³/mol. The van der Waals surface area contributed by atoms with Crippen LogP contribution in [0.2, 0.25) is 0 Å². The van der Waals surface area contributed by atoms with E-state index in [2.05, 4.69) is 10.6 Å². The highest BCUT2D eigenvalue weighted by molar-refractivity contribution is 8.00. The van der Waals surface area contributed by atoms with Crippen molar-refractivity contribution in [1.29, 1.82) is 0 Å². The molecule has 2 heterocycles. The van der Waals surface area contributed by atoms with E-state index in [4.69, 9.17) is 0 Å². The molecular formula is C17H24N3O2S+. The van der Waals surface area contributed by atoms with Gasteiger partial charge in [-0.2, -0.15) is 0 Å². The van der Waals surface area contributed by atoms with Gasteiger partial charge in [0.2, 0.25) is 5.37 Å². The molecule has 0 saturated carbocycles. The average Bonchev–Trinajstić information content (AvgIpc) is 2.54. The Hall–Kier alpha value is -1.53. The zero-order chi connectivity index (χ0) is 16.4. The van der Waals surface area contributed by atoms with Gasteiger partial charge in [-0.3, -0.25) is 9.59 Å². The van der Waals surface area contributed by atoms with Crippen LogP contribution in [0.5, 0.6) is 0 Å². The maximum Gasteiger partial charge on any atom is 0.294 e. The van der Waals surface area contributed by atoms with E-state index in [0.717, 1.165) is 23.7 Å². The van der Waals surface area contributed by atoms with Crippen molar-refractivity contribution in [3.05, 3.63) is 23.8 Å². The van der Waals surface area contributed by atoms with Gasteiger partial charge in [-0.05, 0) is 51.3 Å². The first-order chi connectivity index (χ1) is 11.0. The molecule has 1 atom stereocenters. The third-order valence-electron chi connectivity index (χ3n) is 4.27. The molecule has 0 aliphatic carbocycles. The second kappa shape index (κ2) is 6.93. The lowest BCUT2D eigenvalue weighted by Gasteiger charge is -2.33. The normalized spacial score (nSPS) is 21.7. The number of anilines is 1. The van der Waals surface area contributed by atoms with Crippen LogP contribution in [0.1, 0.15) is 43.5 Å². The summed E-state index contributed by atoms with van der Waals surface area (Å²) in [5.41, 5.74) is 1.34. The lowest BCUT2D eigenvalue weighted by Crippen LogP contribution is -3.17. The summed E-state index contributed by atoms with van der Waals surface area (Å²) >= 11 is 1.63. The van der Waals surface area contributed by atoms with E-state index in [-0.39, 0.29) is 23.2 Å². The van der Waals surface area contributed by atoms with Gasteiger partial charge in [0.15, 0.2) is 0 Å². The van der Waals surface area contributed by atoms with Crippen LogP contribution >= 0.6 is 11.8 Å². The Balaban J connectivity index is 1.77. The van der Waals surface area contributed by atoms with Crippen molar-refractivity contribution < 1.29 is 14.5 Å². The third kappa shape index (κ3) is 3.70. The fourth-order valence-corrected chi connectivity index (χ4v) is 4.34. The summed E-state index contributed by atoms with van der Waals surface area (Å²) in [5, 5.41) is 5.80. The molecule has 1 fully saturated rings. The summed E-state index contributed by atoms with van der Waals surface area (Å²) < 4.78 is 0. The summed E-state index contributed by atoms with van der Waals surface area (Å²) in [6, 6.07) is 5.66. The van der Waals surface area contributed by atoms with E-state index in [0.29, 0.717) is 5.56 Å². The first-order valence-electron chi connectivity index (χ1n) is 8.31. The third-order valence-corrected chi connectivity index (χ3v) is 5.66. The molecule has 0 radical (unpaired) electrons. The molecule has 3 N–H and O–H groups in total. The summed E-state index contributed by atoms with van der Waals surface area (Å²) in [5.74, 6) is -0.0494. The number of quaternary nitrogens is 1. The molecule has 0 spiro atoms. The van der Waals surface area contributed by atoms with Crippen molar-refractivity contribution in [3.63, 3.8) is 0 Å². The van der Waals surface area contributed by atoms with Crippen molar-refractivity contribution in [2.45, 2.75) is 49.4 Å². The molecule has 23 heavy (non-hydrogen) atoms. The van der Waals surface area contributed by atoms with Gasteiger partial charge in [-0.25, -0.2) is 0 Å². The smallest absolute Gasteiger partial charge is 0.294 e. The zero-order valence-electron chi connectivity index (χ0n) is 13.6. The number of hydrogen-bond acceptors (Lipinski definition) is 3. The molecule has 1 aromatic rings. The summed E-state index contributed by atoms with van der Waals surface area (Å²) in [4.78, 5) is 27.0. The molecule has 0 bridgehead atoms. The van der Waals surface area contributed by atoms with Crippen LogP contribution < -0.4 is 15.5 Å². The lowest BCUT2D eigenvalue weighted by molar-refractivity contribution is -0.906. The lowest BCUT2D eigenvalue weighted by atomic mass is 10.1. The number of piperidine rings is 1. The first kappa shape index (κ1) is 16.3. The van der Waals surface area contributed by atoms with E-state index >= 15 is 0 Å². The minimum atomic E-state index is -0.106. The van der Waals surface area contributed by atoms with Crippen LogP contribution in [0.15, 0.2) is 23.1 Å². The summed E-state index contributed by atoms with van der Waals surface area (Å²) in [7, 11) is 0. The number of carbonyl (C=O) groups excluding carboxylic acids is 2. The molecule has 124 valence electrons. The van der Waals surface area contributed by atoms with E-state index < -0.39 is 0 Å². The number of hydrogen-bond donors (Lipinski definition) is 3. The fourth-order valence-electron chi connectivity index (χ4n) is 3.13. The Bertz CT molecular complexity index is 612. The number of rotatable bonds is 3. The van der Waals surface area contributed by atoms with Crippen molar-refractivity contribution in [3.8, 4) is 0 Å². The van der Waals surface area contributed by atoms with Gasteiger partial charge in [0.05, 0.1) is 18.8 Å². The number of amides is 2. The van der Waals surface area contributed by atoms with Crippen LogP contribution in [0, 0.1) is 0 Å². The van der Waals surface area contributed by atoms with Crippen molar-refractivity contribution in [2.75, 3.05) is 18.4 Å². The Morgan fingerprint density at radius 2 is 2.04 bits per heavy atom. The average molecular weight is 334 g/mol. The Morgan fingerprint density at radius 3 is 2.74 bits per heavy atom. The number of likely N-dealkylation sites (tertiary alicyclic amines) is 1.